The van der Waals surface area contributed by atoms with E-state index in [4.69, 9.17) is 0 Å². The number of carbonyl (C=O) groups is 1. The third kappa shape index (κ3) is 6.13. The van der Waals surface area contributed by atoms with Crippen molar-refractivity contribution in [2.24, 2.45) is 5.92 Å². The highest BCUT2D eigenvalue weighted by atomic mass is 19.4. The number of hydrogen-bond donors (Lipinski definition) is 1. The molecule has 0 aliphatic carbocycles. The van der Waals surface area contributed by atoms with Gasteiger partial charge in [0.05, 0.1) is 27.4 Å². The molecule has 7 nitrogen and oxygen atoms in total. The summed E-state index contributed by atoms with van der Waals surface area (Å²) in [5.74, 6) is -1.05. The molecule has 13 heteroatoms. The molecule has 0 spiro atoms. The molecule has 2 aliphatic rings. The molecule has 1 N–H and O–H groups in total. The molecule has 2 fully saturated rings. The van der Waals surface area contributed by atoms with Crippen molar-refractivity contribution in [2.45, 2.75) is 44.5 Å². The average molecular weight is 544 g/mol. The Morgan fingerprint density at radius 1 is 0.816 bits per heavy atom. The standard InChI is InChI=1S/C25H26F6N4O3/c26-24(27,28)17-4-6-20(33-10-2-1-3-11-33)19(14-17)32-23(36)16-8-12-34(13-9-16)21-7-5-18(25(29,30)31)15-22(21)35(37)38/h4-7,14-16H,1-3,8-13H2,(H,32,36). The Labute approximate surface area is 214 Å². The van der Waals surface area contributed by atoms with Gasteiger partial charge in [-0.15, -0.1) is 0 Å². The molecule has 38 heavy (non-hydrogen) atoms. The van der Waals surface area contributed by atoms with Gasteiger partial charge in [-0.2, -0.15) is 26.3 Å². The van der Waals surface area contributed by atoms with E-state index in [9.17, 15) is 41.3 Å². The van der Waals surface area contributed by atoms with Crippen molar-refractivity contribution in [3.05, 3.63) is 57.6 Å². The van der Waals surface area contributed by atoms with Gasteiger partial charge < -0.3 is 15.1 Å². The average Bonchev–Trinajstić information content (AvgIpc) is 2.88. The number of anilines is 3. The second-order valence-electron chi connectivity index (χ2n) is 9.49. The van der Waals surface area contributed by atoms with Crippen molar-refractivity contribution in [1.82, 2.24) is 0 Å². The molecule has 0 aromatic heterocycles. The number of rotatable bonds is 5. The first kappa shape index (κ1) is 27.5. The highest BCUT2D eigenvalue weighted by molar-refractivity contribution is 5.96. The SMILES string of the molecule is O=C(Nc1cc(C(F)(F)F)ccc1N1CCCCC1)C1CCN(c2ccc(C(F)(F)F)cc2[N+](=O)[O-])CC1. The lowest BCUT2D eigenvalue weighted by atomic mass is 9.95. The van der Waals surface area contributed by atoms with E-state index in [1.54, 1.807) is 4.90 Å². The zero-order valence-corrected chi connectivity index (χ0v) is 20.2. The van der Waals surface area contributed by atoms with Crippen molar-refractivity contribution in [3.8, 4) is 0 Å². The lowest BCUT2D eigenvalue weighted by Crippen LogP contribution is -2.39. The lowest BCUT2D eigenvalue weighted by molar-refractivity contribution is -0.384. The molecule has 2 aromatic carbocycles. The summed E-state index contributed by atoms with van der Waals surface area (Å²) < 4.78 is 79.2. The number of nitrogens with one attached hydrogen (secondary N) is 1. The van der Waals surface area contributed by atoms with Crippen LogP contribution in [0.1, 0.15) is 43.2 Å². The van der Waals surface area contributed by atoms with Crippen LogP contribution in [0.2, 0.25) is 0 Å². The number of hydrogen-bond acceptors (Lipinski definition) is 5. The highest BCUT2D eigenvalue weighted by Gasteiger charge is 2.36. The van der Waals surface area contributed by atoms with Crippen molar-refractivity contribution in [1.29, 1.82) is 0 Å². The maximum atomic E-state index is 13.4. The van der Waals surface area contributed by atoms with Gasteiger partial charge in [-0.1, -0.05) is 0 Å². The number of amides is 1. The van der Waals surface area contributed by atoms with E-state index in [1.807, 2.05) is 4.90 Å². The molecule has 0 saturated carbocycles. The molecular weight excluding hydrogens is 518 g/mol. The number of piperidine rings is 2. The molecule has 0 bridgehead atoms. The van der Waals surface area contributed by atoms with Crippen molar-refractivity contribution in [3.63, 3.8) is 0 Å². The molecule has 4 rings (SSSR count). The Morgan fingerprint density at radius 2 is 1.34 bits per heavy atom. The number of alkyl halides is 6. The molecule has 2 aliphatic heterocycles. The van der Waals surface area contributed by atoms with E-state index in [-0.39, 0.29) is 37.3 Å². The largest absolute Gasteiger partial charge is 0.416 e. The van der Waals surface area contributed by atoms with Gasteiger partial charge in [-0.05, 0) is 62.4 Å². The van der Waals surface area contributed by atoms with Crippen LogP contribution in [0.15, 0.2) is 36.4 Å². The second-order valence-corrected chi connectivity index (χ2v) is 9.49. The topological polar surface area (TPSA) is 78.7 Å². The van der Waals surface area contributed by atoms with E-state index >= 15 is 0 Å². The van der Waals surface area contributed by atoms with Crippen LogP contribution in [-0.4, -0.2) is 37.0 Å². The van der Waals surface area contributed by atoms with Crippen LogP contribution in [0.3, 0.4) is 0 Å². The Kier molecular flexibility index (Phi) is 7.75. The number of halogens is 6. The summed E-state index contributed by atoms with van der Waals surface area (Å²) in [5, 5.41) is 14.1. The maximum absolute atomic E-state index is 13.4. The first-order valence-corrected chi connectivity index (χ1v) is 12.2. The highest BCUT2D eigenvalue weighted by Crippen LogP contribution is 2.39. The van der Waals surface area contributed by atoms with Gasteiger partial charge >= 0.3 is 12.4 Å². The number of benzene rings is 2. The van der Waals surface area contributed by atoms with Crippen molar-refractivity contribution >= 4 is 28.7 Å². The molecule has 206 valence electrons. The van der Waals surface area contributed by atoms with Crippen LogP contribution in [0.5, 0.6) is 0 Å². The first-order chi connectivity index (χ1) is 17.8. The van der Waals surface area contributed by atoms with Gasteiger partial charge in [-0.25, -0.2) is 0 Å². The summed E-state index contributed by atoms with van der Waals surface area (Å²) >= 11 is 0. The van der Waals surface area contributed by atoms with Crippen molar-refractivity contribution < 1.29 is 36.1 Å². The summed E-state index contributed by atoms with van der Waals surface area (Å²) in [6.07, 6.45) is -6.06. The Bertz CT molecular complexity index is 1190. The minimum absolute atomic E-state index is 0.0205. The van der Waals surface area contributed by atoms with Gasteiger partial charge in [0, 0.05) is 38.2 Å². The Morgan fingerprint density at radius 3 is 1.89 bits per heavy atom. The van der Waals surface area contributed by atoms with Crippen LogP contribution in [0, 0.1) is 16.0 Å². The fourth-order valence-corrected chi connectivity index (χ4v) is 4.95. The molecule has 2 heterocycles. The predicted octanol–water partition coefficient (Wildman–Crippen LogP) is 6.48. The zero-order chi connectivity index (χ0) is 27.7. The molecule has 0 radical (unpaired) electrons. The maximum Gasteiger partial charge on any atom is 0.416 e. The van der Waals surface area contributed by atoms with Crippen LogP contribution >= 0.6 is 0 Å². The molecule has 1 amide bonds. The minimum atomic E-state index is -4.73. The van der Waals surface area contributed by atoms with Crippen LogP contribution in [0.25, 0.3) is 0 Å². The summed E-state index contributed by atoms with van der Waals surface area (Å²) in [5.41, 5.74) is -2.08. The Balaban J connectivity index is 1.49. The third-order valence-electron chi connectivity index (χ3n) is 6.98. The summed E-state index contributed by atoms with van der Waals surface area (Å²) in [4.78, 5) is 27.1. The Hall–Kier alpha value is -3.51. The zero-order valence-electron chi connectivity index (χ0n) is 20.2. The lowest BCUT2D eigenvalue weighted by Gasteiger charge is -2.34. The van der Waals surface area contributed by atoms with E-state index in [0.717, 1.165) is 43.5 Å². The fourth-order valence-electron chi connectivity index (χ4n) is 4.95. The third-order valence-corrected chi connectivity index (χ3v) is 6.98. The quantitative estimate of drug-likeness (QED) is 0.265. The fraction of sp³-hybridized carbons (Fsp3) is 0.480. The first-order valence-electron chi connectivity index (χ1n) is 12.2. The smallest absolute Gasteiger partial charge is 0.370 e. The van der Waals surface area contributed by atoms with Gasteiger partial charge in [0.1, 0.15) is 5.69 Å². The molecule has 0 unspecified atom stereocenters. The van der Waals surface area contributed by atoms with E-state index < -0.39 is 45.9 Å². The van der Waals surface area contributed by atoms with Crippen LogP contribution in [0.4, 0.5) is 49.1 Å². The predicted molar refractivity (Wildman–Crippen MR) is 129 cm³/mol. The van der Waals surface area contributed by atoms with Crippen LogP contribution < -0.4 is 15.1 Å². The number of nitro groups is 1. The number of nitrogens with zero attached hydrogens (tertiary/aromatic N) is 3. The molecule has 2 saturated heterocycles. The number of nitro benzene ring substituents is 1. The van der Waals surface area contributed by atoms with Gasteiger partial charge in [0.15, 0.2) is 0 Å². The minimum Gasteiger partial charge on any atom is -0.370 e. The summed E-state index contributed by atoms with van der Waals surface area (Å²) in [6.45, 7) is 1.65. The molecule has 0 atom stereocenters. The van der Waals surface area contributed by atoms with Gasteiger partial charge in [0.2, 0.25) is 5.91 Å². The van der Waals surface area contributed by atoms with E-state index in [0.29, 0.717) is 24.8 Å². The van der Waals surface area contributed by atoms with Gasteiger partial charge in [-0.3, -0.25) is 14.9 Å². The molecule has 2 aromatic rings. The number of carbonyl (C=O) groups excluding carboxylic acids is 1. The van der Waals surface area contributed by atoms with Crippen molar-refractivity contribution in [2.75, 3.05) is 41.3 Å². The normalized spacial score (nSPS) is 17.4. The van der Waals surface area contributed by atoms with E-state index in [1.165, 1.54) is 6.07 Å². The monoisotopic (exact) mass is 544 g/mol. The summed E-state index contributed by atoms with van der Waals surface area (Å²) in [7, 11) is 0. The second kappa shape index (κ2) is 10.7. The molecular formula is C25H26F6N4O3. The van der Waals surface area contributed by atoms with Gasteiger partial charge in [0.25, 0.3) is 5.69 Å². The van der Waals surface area contributed by atoms with E-state index in [2.05, 4.69) is 5.32 Å². The van der Waals surface area contributed by atoms with Crippen LogP contribution in [-0.2, 0) is 17.1 Å². The summed E-state index contributed by atoms with van der Waals surface area (Å²) in [6, 6.07) is 5.61.